The first-order valence-corrected chi connectivity index (χ1v) is 7.94. The van der Waals surface area contributed by atoms with Crippen LogP contribution in [0.25, 0.3) is 0 Å². The van der Waals surface area contributed by atoms with E-state index in [1.165, 1.54) is 5.56 Å². The first-order chi connectivity index (χ1) is 10.1. The molecule has 2 rings (SSSR count). The molecule has 0 unspecified atom stereocenters. The Labute approximate surface area is 128 Å². The summed E-state index contributed by atoms with van der Waals surface area (Å²) in [4.78, 5) is 16.7. The van der Waals surface area contributed by atoms with Gasteiger partial charge in [-0.15, -0.1) is 0 Å². The number of rotatable bonds is 5. The molecule has 4 heteroatoms. The predicted octanol–water partition coefficient (Wildman–Crippen LogP) is 1.96. The lowest BCUT2D eigenvalue weighted by atomic mass is 10.1. The Balaban J connectivity index is 1.99. The van der Waals surface area contributed by atoms with Crippen LogP contribution in [-0.2, 0) is 6.54 Å². The fourth-order valence-corrected chi connectivity index (χ4v) is 2.70. The molecule has 4 nitrogen and oxygen atoms in total. The smallest absolute Gasteiger partial charge is 0.253 e. The summed E-state index contributed by atoms with van der Waals surface area (Å²) in [6.07, 6.45) is 0. The molecule has 0 spiro atoms. The maximum Gasteiger partial charge on any atom is 0.253 e. The first kappa shape index (κ1) is 16.0. The quantitative estimate of drug-likeness (QED) is 0.900. The van der Waals surface area contributed by atoms with Gasteiger partial charge in [0, 0.05) is 44.3 Å². The molecule has 0 bridgehead atoms. The van der Waals surface area contributed by atoms with Gasteiger partial charge in [0.15, 0.2) is 0 Å². The van der Waals surface area contributed by atoms with Gasteiger partial charge in [-0.25, -0.2) is 0 Å². The molecule has 1 aromatic carbocycles. The molecular formula is C17H27N3O. The monoisotopic (exact) mass is 289 g/mol. The zero-order chi connectivity index (χ0) is 15.2. The van der Waals surface area contributed by atoms with Crippen LogP contribution in [0.2, 0.25) is 0 Å². The number of carbonyl (C=O) groups is 1. The number of benzene rings is 1. The average molecular weight is 289 g/mol. The van der Waals surface area contributed by atoms with E-state index in [2.05, 4.69) is 43.1 Å². The van der Waals surface area contributed by atoms with Gasteiger partial charge in [-0.2, -0.15) is 0 Å². The highest BCUT2D eigenvalue weighted by Crippen LogP contribution is 2.12. The Morgan fingerprint density at radius 1 is 1.24 bits per heavy atom. The number of carbonyl (C=O) groups excluding carboxylic acids is 1. The van der Waals surface area contributed by atoms with E-state index in [1.54, 1.807) is 0 Å². The Morgan fingerprint density at radius 2 is 1.86 bits per heavy atom. The van der Waals surface area contributed by atoms with Crippen LogP contribution < -0.4 is 5.32 Å². The molecule has 1 N–H and O–H groups in total. The normalized spacial score (nSPS) is 15.8. The third kappa shape index (κ3) is 4.29. The summed E-state index contributed by atoms with van der Waals surface area (Å²) >= 11 is 0. The van der Waals surface area contributed by atoms with Crippen molar-refractivity contribution in [3.8, 4) is 0 Å². The van der Waals surface area contributed by atoms with Crippen LogP contribution in [0.5, 0.6) is 0 Å². The van der Waals surface area contributed by atoms with E-state index in [-0.39, 0.29) is 5.91 Å². The molecule has 1 aliphatic heterocycles. The zero-order valence-corrected chi connectivity index (χ0v) is 13.4. The number of hydrogen-bond acceptors (Lipinski definition) is 3. The van der Waals surface area contributed by atoms with E-state index < -0.39 is 0 Å². The van der Waals surface area contributed by atoms with Gasteiger partial charge in [0.25, 0.3) is 5.91 Å². The summed E-state index contributed by atoms with van der Waals surface area (Å²) in [5, 5.41) is 3.27. The highest BCUT2D eigenvalue weighted by molar-refractivity contribution is 5.94. The second kappa shape index (κ2) is 7.57. The van der Waals surface area contributed by atoms with E-state index >= 15 is 0 Å². The van der Waals surface area contributed by atoms with Crippen LogP contribution in [0.3, 0.4) is 0 Å². The minimum Gasteiger partial charge on any atom is -0.336 e. The Morgan fingerprint density at radius 3 is 2.38 bits per heavy atom. The molecule has 0 saturated carbocycles. The standard InChI is InChI=1S/C17H27N3O/c1-4-19(14(2)3)13-15-5-7-16(8-6-15)17(21)20-11-9-18-10-12-20/h5-8,14,18H,4,9-13H2,1-3H3. The summed E-state index contributed by atoms with van der Waals surface area (Å²) in [6.45, 7) is 12.0. The Hall–Kier alpha value is -1.39. The van der Waals surface area contributed by atoms with Crippen LogP contribution in [0.15, 0.2) is 24.3 Å². The van der Waals surface area contributed by atoms with Crippen molar-refractivity contribution in [2.75, 3.05) is 32.7 Å². The molecule has 0 radical (unpaired) electrons. The summed E-state index contributed by atoms with van der Waals surface area (Å²) in [5.74, 6) is 0.152. The molecule has 21 heavy (non-hydrogen) atoms. The van der Waals surface area contributed by atoms with Gasteiger partial charge in [-0.1, -0.05) is 19.1 Å². The van der Waals surface area contributed by atoms with Crippen molar-refractivity contribution in [1.29, 1.82) is 0 Å². The predicted molar refractivity (Wildman–Crippen MR) is 86.4 cm³/mol. The van der Waals surface area contributed by atoms with Crippen molar-refractivity contribution >= 4 is 5.91 Å². The zero-order valence-electron chi connectivity index (χ0n) is 13.4. The van der Waals surface area contributed by atoms with Crippen LogP contribution >= 0.6 is 0 Å². The molecule has 0 aliphatic carbocycles. The summed E-state index contributed by atoms with van der Waals surface area (Å²) < 4.78 is 0. The molecule has 0 aromatic heterocycles. The SMILES string of the molecule is CCN(Cc1ccc(C(=O)N2CCNCC2)cc1)C(C)C. The van der Waals surface area contributed by atoms with E-state index in [0.29, 0.717) is 6.04 Å². The average Bonchev–Trinajstić information content (AvgIpc) is 2.53. The molecule has 0 atom stereocenters. The van der Waals surface area contributed by atoms with E-state index in [0.717, 1.165) is 44.8 Å². The lowest BCUT2D eigenvalue weighted by molar-refractivity contribution is 0.0736. The molecule has 1 heterocycles. The largest absolute Gasteiger partial charge is 0.336 e. The van der Waals surface area contributed by atoms with Gasteiger partial charge in [0.05, 0.1) is 0 Å². The van der Waals surface area contributed by atoms with Gasteiger partial charge in [-0.3, -0.25) is 9.69 Å². The third-order valence-corrected chi connectivity index (χ3v) is 4.13. The number of piperazine rings is 1. The maximum absolute atomic E-state index is 12.4. The molecule has 1 aromatic rings. The van der Waals surface area contributed by atoms with E-state index in [1.807, 2.05) is 17.0 Å². The van der Waals surface area contributed by atoms with Crippen molar-refractivity contribution in [3.05, 3.63) is 35.4 Å². The van der Waals surface area contributed by atoms with Crippen LogP contribution in [0.4, 0.5) is 0 Å². The molecule has 116 valence electrons. The van der Waals surface area contributed by atoms with E-state index in [9.17, 15) is 4.79 Å². The highest BCUT2D eigenvalue weighted by atomic mass is 16.2. The Bertz CT molecular complexity index is 450. The topological polar surface area (TPSA) is 35.6 Å². The minimum atomic E-state index is 0.152. The van der Waals surface area contributed by atoms with Gasteiger partial charge in [0.1, 0.15) is 0 Å². The molecule has 1 saturated heterocycles. The van der Waals surface area contributed by atoms with Gasteiger partial charge >= 0.3 is 0 Å². The van der Waals surface area contributed by atoms with Crippen molar-refractivity contribution in [1.82, 2.24) is 15.1 Å². The van der Waals surface area contributed by atoms with Gasteiger partial charge in [0.2, 0.25) is 0 Å². The summed E-state index contributed by atoms with van der Waals surface area (Å²) in [7, 11) is 0. The van der Waals surface area contributed by atoms with Crippen molar-refractivity contribution in [3.63, 3.8) is 0 Å². The van der Waals surface area contributed by atoms with Gasteiger partial charge < -0.3 is 10.2 Å². The van der Waals surface area contributed by atoms with Crippen LogP contribution in [0, 0.1) is 0 Å². The second-order valence-electron chi connectivity index (χ2n) is 5.90. The van der Waals surface area contributed by atoms with Crippen molar-refractivity contribution < 1.29 is 4.79 Å². The molecule has 1 aliphatic rings. The summed E-state index contributed by atoms with van der Waals surface area (Å²) in [6, 6.07) is 8.64. The number of hydrogen-bond donors (Lipinski definition) is 1. The Kier molecular flexibility index (Phi) is 5.76. The third-order valence-electron chi connectivity index (χ3n) is 4.13. The van der Waals surface area contributed by atoms with Crippen molar-refractivity contribution in [2.45, 2.75) is 33.4 Å². The fourth-order valence-electron chi connectivity index (χ4n) is 2.70. The van der Waals surface area contributed by atoms with Crippen molar-refractivity contribution in [2.24, 2.45) is 0 Å². The highest BCUT2D eigenvalue weighted by Gasteiger charge is 2.17. The molecular weight excluding hydrogens is 262 g/mol. The number of nitrogens with one attached hydrogen (secondary N) is 1. The maximum atomic E-state index is 12.4. The molecule has 1 amide bonds. The van der Waals surface area contributed by atoms with Crippen LogP contribution in [0.1, 0.15) is 36.7 Å². The van der Waals surface area contributed by atoms with E-state index in [4.69, 9.17) is 0 Å². The van der Waals surface area contributed by atoms with Crippen LogP contribution in [-0.4, -0.2) is 54.5 Å². The number of amides is 1. The lowest BCUT2D eigenvalue weighted by Gasteiger charge is -2.27. The molecule has 1 fully saturated rings. The first-order valence-electron chi connectivity index (χ1n) is 7.94. The van der Waals surface area contributed by atoms with Gasteiger partial charge in [-0.05, 0) is 38.1 Å². The lowest BCUT2D eigenvalue weighted by Crippen LogP contribution is -2.46. The summed E-state index contributed by atoms with van der Waals surface area (Å²) in [5.41, 5.74) is 2.07. The number of nitrogens with zero attached hydrogens (tertiary/aromatic N) is 2. The minimum absolute atomic E-state index is 0.152. The second-order valence-corrected chi connectivity index (χ2v) is 5.90. The fraction of sp³-hybridized carbons (Fsp3) is 0.588.